The van der Waals surface area contributed by atoms with Gasteiger partial charge in [-0.05, 0) is 36.5 Å². The number of amides is 1. The summed E-state index contributed by atoms with van der Waals surface area (Å²) >= 11 is 0. The summed E-state index contributed by atoms with van der Waals surface area (Å²) in [6.45, 7) is 1.90. The van der Waals surface area contributed by atoms with Crippen molar-refractivity contribution in [3.05, 3.63) is 59.7 Å². The largest absolute Gasteiger partial charge is 0.379 e. The van der Waals surface area contributed by atoms with Crippen LogP contribution in [0.1, 0.15) is 31.7 Å². The second kappa shape index (κ2) is 6.17. The summed E-state index contributed by atoms with van der Waals surface area (Å²) in [5, 5.41) is 20.7. The van der Waals surface area contributed by atoms with Crippen LogP contribution in [0.3, 0.4) is 0 Å². The molecule has 1 fully saturated rings. The van der Waals surface area contributed by atoms with Crippen LogP contribution in [0.4, 0.5) is 0 Å². The summed E-state index contributed by atoms with van der Waals surface area (Å²) in [6.07, 6.45) is 6.57. The molecule has 1 aliphatic rings. The summed E-state index contributed by atoms with van der Waals surface area (Å²) in [4.78, 5) is 11.0. The van der Waals surface area contributed by atoms with Gasteiger partial charge in [-0.3, -0.25) is 4.79 Å². The number of hydrogen-bond donors (Lipinski definition) is 2. The van der Waals surface area contributed by atoms with Crippen molar-refractivity contribution < 1.29 is 9.90 Å². The predicted molar refractivity (Wildman–Crippen MR) is 84.3 cm³/mol. The smallest absolute Gasteiger partial charge is 0.241 e. The van der Waals surface area contributed by atoms with E-state index in [-0.39, 0.29) is 0 Å². The van der Waals surface area contributed by atoms with Crippen molar-refractivity contribution in [2.45, 2.75) is 31.8 Å². The second-order valence-corrected chi connectivity index (χ2v) is 5.63. The Balaban J connectivity index is 2.44. The fraction of sp³-hybridized carbons (Fsp3) is 0.333. The summed E-state index contributed by atoms with van der Waals surface area (Å²) in [5.74, 6) is -0.522. The van der Waals surface area contributed by atoms with Crippen LogP contribution in [-0.4, -0.2) is 11.0 Å². The molecule has 1 amide bonds. The number of allylic oxidation sites excluding steroid dienone is 2. The van der Waals surface area contributed by atoms with Gasteiger partial charge >= 0.3 is 0 Å². The van der Waals surface area contributed by atoms with Crippen LogP contribution in [0.2, 0.25) is 0 Å². The van der Waals surface area contributed by atoms with Crippen LogP contribution in [0.15, 0.2) is 54.1 Å². The zero-order valence-electron chi connectivity index (χ0n) is 12.6. The Hall–Kier alpha value is -2.38. The first-order valence-corrected chi connectivity index (χ1v) is 7.36. The summed E-state index contributed by atoms with van der Waals surface area (Å²) < 4.78 is 0. The number of rotatable bonds is 6. The van der Waals surface area contributed by atoms with Crippen molar-refractivity contribution in [3.8, 4) is 6.07 Å². The molecule has 0 spiro atoms. The molecule has 22 heavy (non-hydrogen) atoms. The lowest BCUT2D eigenvalue weighted by molar-refractivity contribution is -0.113. The van der Waals surface area contributed by atoms with Crippen LogP contribution < -0.4 is 5.73 Å². The molecule has 0 bridgehead atoms. The first-order valence-electron chi connectivity index (χ1n) is 7.36. The number of benzene rings is 1. The molecule has 0 aromatic heterocycles. The Labute approximate surface area is 130 Å². The quantitative estimate of drug-likeness (QED) is 0.624. The zero-order chi connectivity index (χ0) is 16.2. The minimum atomic E-state index is -1.37. The molecule has 0 radical (unpaired) electrons. The van der Waals surface area contributed by atoms with E-state index >= 15 is 0 Å². The number of nitrogens with two attached hydrogens (primary N) is 1. The van der Waals surface area contributed by atoms with Gasteiger partial charge in [-0.2, -0.15) is 5.26 Å². The van der Waals surface area contributed by atoms with Crippen LogP contribution in [0, 0.1) is 16.7 Å². The van der Waals surface area contributed by atoms with Crippen LogP contribution in [0.25, 0.3) is 0 Å². The Morgan fingerprint density at radius 1 is 1.45 bits per heavy atom. The molecule has 0 heterocycles. The maximum atomic E-state index is 11.2. The maximum Gasteiger partial charge on any atom is 0.241 e. The molecule has 1 saturated carbocycles. The van der Waals surface area contributed by atoms with E-state index in [1.54, 1.807) is 12.2 Å². The van der Waals surface area contributed by atoms with Gasteiger partial charge in [0.05, 0.1) is 11.5 Å². The number of carbonyl (C=O) groups excluding carboxylic acids is 1. The Morgan fingerprint density at radius 3 is 2.55 bits per heavy atom. The Kier molecular flexibility index (Phi) is 4.48. The molecule has 1 aliphatic carbocycles. The lowest BCUT2D eigenvalue weighted by atomic mass is 9.78. The molecule has 0 aliphatic heterocycles. The van der Waals surface area contributed by atoms with E-state index in [1.807, 2.05) is 37.3 Å². The molecule has 4 nitrogen and oxygen atoms in total. The highest BCUT2D eigenvalue weighted by molar-refractivity contribution is 5.87. The molecule has 1 aromatic rings. The topological polar surface area (TPSA) is 87.1 Å². The lowest BCUT2D eigenvalue weighted by Gasteiger charge is -2.30. The molecule has 0 saturated heterocycles. The van der Waals surface area contributed by atoms with E-state index in [9.17, 15) is 15.2 Å². The molecule has 1 aromatic carbocycles. The van der Waals surface area contributed by atoms with E-state index in [0.29, 0.717) is 24.8 Å². The summed E-state index contributed by atoms with van der Waals surface area (Å²) in [5.41, 5.74) is 4.42. The standard InChI is InChI=1S/C18H20N2O2/c1-2-14(12-16(20)21)8-9-18(22,17(13-19)10-11-17)15-6-4-3-5-7-15/h3-9,12,22H,2,10-11H2,1H3,(H2,20,21)/b9-8+,14-12+/t18-/m1/s1. The first-order chi connectivity index (χ1) is 10.5. The number of carbonyl (C=O) groups is 1. The molecule has 2 rings (SSSR count). The van der Waals surface area contributed by atoms with Gasteiger partial charge in [-0.1, -0.05) is 43.3 Å². The van der Waals surface area contributed by atoms with Gasteiger partial charge in [0, 0.05) is 6.08 Å². The van der Waals surface area contributed by atoms with Crippen LogP contribution in [0.5, 0.6) is 0 Å². The van der Waals surface area contributed by atoms with Crippen LogP contribution in [-0.2, 0) is 10.4 Å². The molecular weight excluding hydrogens is 276 g/mol. The van der Waals surface area contributed by atoms with Crippen molar-refractivity contribution in [2.75, 3.05) is 0 Å². The Bertz CT molecular complexity index is 651. The third-order valence-corrected chi connectivity index (χ3v) is 4.18. The van der Waals surface area contributed by atoms with Gasteiger partial charge in [0.15, 0.2) is 0 Å². The fourth-order valence-electron chi connectivity index (χ4n) is 2.61. The van der Waals surface area contributed by atoms with Crippen molar-refractivity contribution >= 4 is 5.91 Å². The molecule has 114 valence electrons. The highest BCUT2D eigenvalue weighted by atomic mass is 16.3. The van der Waals surface area contributed by atoms with Crippen molar-refractivity contribution in [1.82, 2.24) is 0 Å². The zero-order valence-corrected chi connectivity index (χ0v) is 12.6. The number of nitrogens with zero attached hydrogens (tertiary/aromatic N) is 1. The van der Waals surface area contributed by atoms with Gasteiger partial charge in [0.25, 0.3) is 0 Å². The first kappa shape index (κ1) is 16.0. The maximum absolute atomic E-state index is 11.2. The SMILES string of the molecule is CCC(/C=C/[C@@](O)(c1ccccc1)C1(C#N)CC1)=C\C(N)=O. The van der Waals surface area contributed by atoms with Gasteiger partial charge < -0.3 is 10.8 Å². The monoisotopic (exact) mass is 296 g/mol. The third kappa shape index (κ3) is 2.95. The fourth-order valence-corrected chi connectivity index (χ4v) is 2.61. The minimum Gasteiger partial charge on any atom is -0.379 e. The van der Waals surface area contributed by atoms with E-state index in [4.69, 9.17) is 5.73 Å². The van der Waals surface area contributed by atoms with Gasteiger partial charge in [0.1, 0.15) is 5.60 Å². The number of hydrogen-bond acceptors (Lipinski definition) is 3. The average molecular weight is 296 g/mol. The summed E-state index contributed by atoms with van der Waals surface area (Å²) in [7, 11) is 0. The average Bonchev–Trinajstić information content (AvgIpc) is 3.33. The van der Waals surface area contributed by atoms with E-state index < -0.39 is 16.9 Å². The minimum absolute atomic E-state index is 0.522. The van der Waals surface area contributed by atoms with Crippen LogP contribution >= 0.6 is 0 Å². The van der Waals surface area contributed by atoms with E-state index in [2.05, 4.69) is 6.07 Å². The van der Waals surface area contributed by atoms with Crippen molar-refractivity contribution in [3.63, 3.8) is 0 Å². The number of primary amides is 1. The predicted octanol–water partition coefficient (Wildman–Crippen LogP) is 2.56. The van der Waals surface area contributed by atoms with Gasteiger partial charge in [0.2, 0.25) is 5.91 Å². The molecule has 0 unspecified atom stereocenters. The summed E-state index contributed by atoms with van der Waals surface area (Å²) in [6, 6.07) is 11.4. The molecule has 1 atom stereocenters. The second-order valence-electron chi connectivity index (χ2n) is 5.63. The van der Waals surface area contributed by atoms with Gasteiger partial charge in [-0.25, -0.2) is 0 Å². The Morgan fingerprint density at radius 2 is 2.09 bits per heavy atom. The van der Waals surface area contributed by atoms with Crippen molar-refractivity contribution in [2.24, 2.45) is 11.1 Å². The third-order valence-electron chi connectivity index (χ3n) is 4.18. The van der Waals surface area contributed by atoms with Crippen molar-refractivity contribution in [1.29, 1.82) is 5.26 Å². The van der Waals surface area contributed by atoms with Gasteiger partial charge in [-0.15, -0.1) is 0 Å². The lowest BCUT2D eigenvalue weighted by Crippen LogP contribution is -2.34. The number of aliphatic hydroxyl groups is 1. The van der Waals surface area contributed by atoms with E-state index in [0.717, 1.165) is 5.57 Å². The van der Waals surface area contributed by atoms with E-state index in [1.165, 1.54) is 6.08 Å². The molecule has 3 N–H and O–H groups in total. The highest BCUT2D eigenvalue weighted by Crippen LogP contribution is 2.58. The molecular formula is C18H20N2O2. The highest BCUT2D eigenvalue weighted by Gasteiger charge is 2.59. The molecule has 4 heteroatoms. The normalized spacial score (nSPS) is 19.4. The number of nitriles is 1.